The van der Waals surface area contributed by atoms with Gasteiger partial charge in [-0.25, -0.2) is 0 Å². The molecule has 22 heavy (non-hydrogen) atoms. The van der Waals surface area contributed by atoms with Crippen molar-refractivity contribution in [2.45, 2.75) is 51.3 Å². The van der Waals surface area contributed by atoms with Crippen LogP contribution in [0.5, 0.6) is 5.75 Å². The predicted octanol–water partition coefficient (Wildman–Crippen LogP) is 2.60. The first kappa shape index (κ1) is 16.7. The van der Waals surface area contributed by atoms with E-state index in [1.807, 2.05) is 0 Å². The van der Waals surface area contributed by atoms with Crippen LogP contribution in [-0.2, 0) is 0 Å². The Labute approximate surface area is 130 Å². The van der Waals surface area contributed by atoms with E-state index in [0.717, 1.165) is 0 Å². The van der Waals surface area contributed by atoms with E-state index in [4.69, 9.17) is 4.74 Å². The summed E-state index contributed by atoms with van der Waals surface area (Å²) in [5.41, 5.74) is 0.0314. The highest BCUT2D eigenvalue weighted by molar-refractivity contribution is 5.35. The van der Waals surface area contributed by atoms with Crippen molar-refractivity contribution in [1.29, 1.82) is 0 Å². The molecule has 0 radical (unpaired) electrons. The minimum Gasteiger partial charge on any atom is -0.491 e. The van der Waals surface area contributed by atoms with Crippen LogP contribution in [0.4, 0.5) is 5.69 Å². The van der Waals surface area contributed by atoms with Crippen molar-refractivity contribution in [3.05, 3.63) is 34.4 Å². The van der Waals surface area contributed by atoms with E-state index in [2.05, 4.69) is 18.7 Å². The number of rotatable bonds is 6. The monoisotopic (exact) mass is 308 g/mol. The Hall–Kier alpha value is -1.66. The zero-order valence-corrected chi connectivity index (χ0v) is 13.1. The van der Waals surface area contributed by atoms with Crippen molar-refractivity contribution >= 4 is 5.69 Å². The third kappa shape index (κ3) is 4.42. The van der Waals surface area contributed by atoms with Gasteiger partial charge in [-0.1, -0.05) is 6.42 Å². The number of piperidine rings is 1. The molecule has 1 aromatic carbocycles. The molecule has 1 fully saturated rings. The zero-order chi connectivity index (χ0) is 16.1. The molecular weight excluding hydrogens is 284 g/mol. The topological polar surface area (TPSA) is 75.8 Å². The van der Waals surface area contributed by atoms with Gasteiger partial charge < -0.3 is 9.84 Å². The average Bonchev–Trinajstić information content (AvgIpc) is 2.49. The molecule has 0 unspecified atom stereocenters. The molecule has 0 amide bonds. The molecule has 6 heteroatoms. The summed E-state index contributed by atoms with van der Waals surface area (Å²) in [5.74, 6) is 0.532. The summed E-state index contributed by atoms with van der Waals surface area (Å²) in [4.78, 5) is 12.5. The number of nitro groups is 1. The van der Waals surface area contributed by atoms with Crippen molar-refractivity contribution in [3.63, 3.8) is 0 Å². The highest BCUT2D eigenvalue weighted by Crippen LogP contribution is 2.23. The molecule has 2 rings (SSSR count). The molecule has 1 heterocycles. The van der Waals surface area contributed by atoms with Gasteiger partial charge in [-0.15, -0.1) is 0 Å². The number of nitro benzene ring substituents is 1. The Morgan fingerprint density at radius 1 is 1.32 bits per heavy atom. The summed E-state index contributed by atoms with van der Waals surface area (Å²) in [6, 6.07) is 6.87. The number of aliphatic hydroxyl groups is 1. The van der Waals surface area contributed by atoms with Gasteiger partial charge in [0.15, 0.2) is 0 Å². The molecule has 0 spiro atoms. The molecule has 1 saturated heterocycles. The van der Waals surface area contributed by atoms with Gasteiger partial charge in [0.1, 0.15) is 18.5 Å². The Kier molecular flexibility index (Phi) is 5.74. The van der Waals surface area contributed by atoms with Gasteiger partial charge in [-0.2, -0.15) is 0 Å². The highest BCUT2D eigenvalue weighted by Gasteiger charge is 2.26. The van der Waals surface area contributed by atoms with Crippen LogP contribution in [0.3, 0.4) is 0 Å². The van der Waals surface area contributed by atoms with E-state index < -0.39 is 11.0 Å². The van der Waals surface area contributed by atoms with E-state index in [1.165, 1.54) is 31.4 Å². The first-order valence-corrected chi connectivity index (χ1v) is 7.78. The minimum atomic E-state index is -0.571. The largest absolute Gasteiger partial charge is 0.491 e. The van der Waals surface area contributed by atoms with Gasteiger partial charge in [0.05, 0.1) is 4.92 Å². The molecular formula is C16H24N2O4. The van der Waals surface area contributed by atoms with E-state index in [-0.39, 0.29) is 12.3 Å². The third-order valence-electron chi connectivity index (χ3n) is 4.29. The van der Waals surface area contributed by atoms with Crippen LogP contribution in [0, 0.1) is 10.1 Å². The summed E-state index contributed by atoms with van der Waals surface area (Å²) in [6.07, 6.45) is 3.01. The van der Waals surface area contributed by atoms with Crippen LogP contribution < -0.4 is 4.74 Å². The van der Waals surface area contributed by atoms with Crippen molar-refractivity contribution in [3.8, 4) is 5.75 Å². The molecule has 6 nitrogen and oxygen atoms in total. The van der Waals surface area contributed by atoms with Crippen molar-refractivity contribution in [2.75, 3.05) is 13.2 Å². The van der Waals surface area contributed by atoms with Gasteiger partial charge >= 0.3 is 0 Å². The highest BCUT2D eigenvalue weighted by atomic mass is 16.6. The van der Waals surface area contributed by atoms with Gasteiger partial charge in [0.2, 0.25) is 0 Å². The lowest BCUT2D eigenvalue weighted by Crippen LogP contribution is -2.48. The van der Waals surface area contributed by atoms with Crippen LogP contribution >= 0.6 is 0 Å². The summed E-state index contributed by atoms with van der Waals surface area (Å²) in [6.45, 7) is 5.17. The Morgan fingerprint density at radius 2 is 1.91 bits per heavy atom. The number of non-ortho nitro benzene ring substituents is 1. The predicted molar refractivity (Wildman–Crippen MR) is 84.1 cm³/mol. The number of hydrogen-bond acceptors (Lipinski definition) is 5. The normalized spacial score (nSPS) is 24.0. The van der Waals surface area contributed by atoms with E-state index >= 15 is 0 Å². The molecule has 3 atom stereocenters. The number of ether oxygens (including phenoxy) is 1. The summed E-state index contributed by atoms with van der Waals surface area (Å²) >= 11 is 0. The van der Waals surface area contributed by atoms with Crippen LogP contribution in [0.25, 0.3) is 0 Å². The molecule has 1 N–H and O–H groups in total. The van der Waals surface area contributed by atoms with Crippen molar-refractivity contribution in [2.24, 2.45) is 0 Å². The van der Waals surface area contributed by atoms with Crippen molar-refractivity contribution < 1.29 is 14.8 Å². The van der Waals surface area contributed by atoms with E-state index in [0.29, 0.717) is 24.4 Å². The van der Waals surface area contributed by atoms with Crippen LogP contribution in [-0.4, -0.2) is 46.3 Å². The number of benzene rings is 1. The van der Waals surface area contributed by atoms with Crippen LogP contribution in [0.15, 0.2) is 24.3 Å². The Balaban J connectivity index is 1.81. The third-order valence-corrected chi connectivity index (χ3v) is 4.29. The Morgan fingerprint density at radius 3 is 2.45 bits per heavy atom. The second kappa shape index (κ2) is 7.56. The van der Waals surface area contributed by atoms with Crippen molar-refractivity contribution in [1.82, 2.24) is 4.90 Å². The van der Waals surface area contributed by atoms with E-state index in [9.17, 15) is 15.2 Å². The first-order valence-electron chi connectivity index (χ1n) is 7.78. The van der Waals surface area contributed by atoms with E-state index in [1.54, 1.807) is 12.1 Å². The number of nitrogens with zero attached hydrogens (tertiary/aromatic N) is 2. The minimum absolute atomic E-state index is 0.0314. The van der Waals surface area contributed by atoms with Gasteiger partial charge in [-0.05, 0) is 38.8 Å². The van der Waals surface area contributed by atoms with Gasteiger partial charge in [0, 0.05) is 30.8 Å². The number of likely N-dealkylation sites (tertiary alicyclic amines) is 1. The standard InChI is InChI=1S/C16H24N2O4/c1-12-4-3-5-13(2)17(12)10-15(19)11-22-16-8-6-14(7-9-16)18(20)21/h6-9,12-13,15,19H,3-5,10-11H2,1-2H3/t12-,13+,15-/m1/s1. The maximum Gasteiger partial charge on any atom is 0.269 e. The first-order chi connectivity index (χ1) is 10.5. The second-order valence-corrected chi connectivity index (χ2v) is 6.04. The maximum absolute atomic E-state index is 10.6. The summed E-state index contributed by atoms with van der Waals surface area (Å²) in [5, 5.41) is 20.7. The fourth-order valence-electron chi connectivity index (χ4n) is 2.99. The molecule has 1 aliphatic heterocycles. The molecule has 122 valence electrons. The molecule has 0 bridgehead atoms. The van der Waals surface area contributed by atoms with Crippen LogP contribution in [0.1, 0.15) is 33.1 Å². The zero-order valence-electron chi connectivity index (χ0n) is 13.1. The van der Waals surface area contributed by atoms with Gasteiger partial charge in [0.25, 0.3) is 5.69 Å². The Bertz CT molecular complexity index is 481. The fraction of sp³-hybridized carbons (Fsp3) is 0.625. The number of aliphatic hydroxyl groups excluding tert-OH is 1. The molecule has 0 aromatic heterocycles. The average molecular weight is 308 g/mol. The number of hydrogen-bond donors (Lipinski definition) is 1. The quantitative estimate of drug-likeness (QED) is 0.646. The molecule has 1 aromatic rings. The maximum atomic E-state index is 10.6. The lowest BCUT2D eigenvalue weighted by atomic mass is 9.97. The molecule has 0 aliphatic carbocycles. The summed E-state index contributed by atoms with van der Waals surface area (Å²) in [7, 11) is 0. The fourth-order valence-corrected chi connectivity index (χ4v) is 2.99. The smallest absolute Gasteiger partial charge is 0.269 e. The lowest BCUT2D eigenvalue weighted by Gasteiger charge is -2.40. The molecule has 1 aliphatic rings. The summed E-state index contributed by atoms with van der Waals surface area (Å²) < 4.78 is 5.52. The second-order valence-electron chi connectivity index (χ2n) is 6.04. The van der Waals surface area contributed by atoms with Gasteiger partial charge in [-0.3, -0.25) is 15.0 Å². The number of β-amino-alcohol motifs (C(OH)–C–C–N with tert-alkyl or cyclic N) is 1. The van der Waals surface area contributed by atoms with Crippen LogP contribution in [0.2, 0.25) is 0 Å². The lowest BCUT2D eigenvalue weighted by molar-refractivity contribution is -0.384. The SMILES string of the molecule is C[C@@H]1CCC[C@H](C)N1C[C@@H](O)COc1ccc([N+](=O)[O-])cc1. The molecule has 0 saturated carbocycles.